The molecule has 2 fully saturated rings. The number of halogens is 2. The second-order valence-corrected chi connectivity index (χ2v) is 6.93. The van der Waals surface area contributed by atoms with Crippen LogP contribution in [0.2, 0.25) is 5.15 Å². The van der Waals surface area contributed by atoms with E-state index in [1.54, 1.807) is 6.20 Å². The standard InChI is InChI=1S/C17H25ClN4.HI/c1-2-19-16(21-12-14-5-6-15(18)20-11-14)22-10-9-17(13-22)7-3-4-8-17;/h5-6,11H,2-4,7-10,12-13H2,1H3,(H,19,21);1H. The Kier molecular flexibility index (Phi) is 6.95. The number of likely N-dealkylation sites (tertiary alicyclic amines) is 1. The highest BCUT2D eigenvalue weighted by Gasteiger charge is 2.41. The molecule has 1 N–H and O–H groups in total. The van der Waals surface area contributed by atoms with Gasteiger partial charge >= 0.3 is 0 Å². The van der Waals surface area contributed by atoms with Gasteiger partial charge in [0, 0.05) is 25.8 Å². The molecule has 0 amide bonds. The van der Waals surface area contributed by atoms with Crippen LogP contribution in [0.1, 0.15) is 44.6 Å². The third-order valence-corrected chi connectivity index (χ3v) is 5.16. The number of hydrogen-bond donors (Lipinski definition) is 1. The summed E-state index contributed by atoms with van der Waals surface area (Å²) in [5.74, 6) is 1.04. The van der Waals surface area contributed by atoms with Crippen molar-refractivity contribution in [3.05, 3.63) is 29.0 Å². The summed E-state index contributed by atoms with van der Waals surface area (Å²) >= 11 is 5.83. The Morgan fingerprint density at radius 1 is 1.35 bits per heavy atom. The van der Waals surface area contributed by atoms with Crippen molar-refractivity contribution < 1.29 is 0 Å². The van der Waals surface area contributed by atoms with Crippen molar-refractivity contribution >= 4 is 41.5 Å². The van der Waals surface area contributed by atoms with Crippen molar-refractivity contribution in [2.45, 2.75) is 45.6 Å². The van der Waals surface area contributed by atoms with Crippen LogP contribution < -0.4 is 5.32 Å². The molecule has 1 saturated carbocycles. The van der Waals surface area contributed by atoms with Crippen molar-refractivity contribution in [2.75, 3.05) is 19.6 Å². The fourth-order valence-electron chi connectivity index (χ4n) is 3.74. The van der Waals surface area contributed by atoms with Gasteiger partial charge in [0.25, 0.3) is 0 Å². The van der Waals surface area contributed by atoms with E-state index in [1.807, 2.05) is 12.1 Å². The van der Waals surface area contributed by atoms with E-state index in [2.05, 4.69) is 22.1 Å². The number of rotatable bonds is 3. The van der Waals surface area contributed by atoms with Crippen LogP contribution in [0.15, 0.2) is 23.3 Å². The normalized spacial score (nSPS) is 19.9. The maximum atomic E-state index is 5.83. The smallest absolute Gasteiger partial charge is 0.194 e. The van der Waals surface area contributed by atoms with Crippen LogP contribution >= 0.6 is 35.6 Å². The van der Waals surface area contributed by atoms with Crippen LogP contribution in [-0.2, 0) is 6.54 Å². The highest BCUT2D eigenvalue weighted by Crippen LogP contribution is 2.45. The lowest BCUT2D eigenvalue weighted by Gasteiger charge is -2.26. The Hall–Kier alpha value is -0.560. The number of guanidine groups is 1. The molecule has 1 spiro atoms. The van der Waals surface area contributed by atoms with E-state index in [0.717, 1.165) is 31.2 Å². The van der Waals surface area contributed by atoms with Crippen molar-refractivity contribution in [2.24, 2.45) is 10.4 Å². The Morgan fingerprint density at radius 2 is 2.13 bits per heavy atom. The van der Waals surface area contributed by atoms with Gasteiger partial charge in [-0.3, -0.25) is 0 Å². The van der Waals surface area contributed by atoms with Gasteiger partial charge < -0.3 is 10.2 Å². The lowest BCUT2D eigenvalue weighted by atomic mass is 9.86. The van der Waals surface area contributed by atoms with Crippen LogP contribution in [0.25, 0.3) is 0 Å². The van der Waals surface area contributed by atoms with Crippen LogP contribution in [0.5, 0.6) is 0 Å². The largest absolute Gasteiger partial charge is 0.357 e. The van der Waals surface area contributed by atoms with Crippen molar-refractivity contribution in [1.29, 1.82) is 0 Å². The minimum absolute atomic E-state index is 0. The molecule has 0 aromatic carbocycles. The minimum Gasteiger partial charge on any atom is -0.357 e. The molecule has 1 aliphatic carbocycles. The molecule has 3 rings (SSSR count). The van der Waals surface area contributed by atoms with Gasteiger partial charge in [0.05, 0.1) is 6.54 Å². The molecular weight excluding hydrogens is 423 g/mol. The van der Waals surface area contributed by atoms with Gasteiger partial charge in [-0.15, -0.1) is 24.0 Å². The molecule has 1 aliphatic heterocycles. The molecule has 1 saturated heterocycles. The molecule has 0 radical (unpaired) electrons. The molecule has 2 aliphatic rings. The first-order chi connectivity index (χ1) is 10.7. The Morgan fingerprint density at radius 3 is 2.78 bits per heavy atom. The summed E-state index contributed by atoms with van der Waals surface area (Å²) in [6.07, 6.45) is 8.71. The first-order valence-electron chi connectivity index (χ1n) is 8.34. The van der Waals surface area contributed by atoms with E-state index >= 15 is 0 Å². The number of aromatic nitrogens is 1. The molecule has 6 heteroatoms. The van der Waals surface area contributed by atoms with Gasteiger partial charge in [0.1, 0.15) is 5.15 Å². The molecule has 0 bridgehead atoms. The zero-order valence-electron chi connectivity index (χ0n) is 13.7. The second-order valence-electron chi connectivity index (χ2n) is 6.54. The Balaban J connectivity index is 0.00000192. The maximum Gasteiger partial charge on any atom is 0.194 e. The quantitative estimate of drug-likeness (QED) is 0.328. The Bertz CT molecular complexity index is 526. The molecule has 1 aromatic heterocycles. The lowest BCUT2D eigenvalue weighted by molar-refractivity contribution is 0.309. The summed E-state index contributed by atoms with van der Waals surface area (Å²) in [6, 6.07) is 3.81. The van der Waals surface area contributed by atoms with E-state index in [9.17, 15) is 0 Å². The van der Waals surface area contributed by atoms with Crippen LogP contribution in [0.4, 0.5) is 0 Å². The monoisotopic (exact) mass is 448 g/mol. The summed E-state index contributed by atoms with van der Waals surface area (Å²) in [4.78, 5) is 11.4. The van der Waals surface area contributed by atoms with E-state index in [4.69, 9.17) is 16.6 Å². The summed E-state index contributed by atoms with van der Waals surface area (Å²) in [5.41, 5.74) is 1.66. The number of aliphatic imine (C=N–C) groups is 1. The molecular formula is C17H26ClIN4. The van der Waals surface area contributed by atoms with E-state index < -0.39 is 0 Å². The number of nitrogens with one attached hydrogen (secondary N) is 1. The summed E-state index contributed by atoms with van der Waals surface area (Å²) in [6.45, 7) is 5.97. The first kappa shape index (κ1) is 18.8. The molecule has 0 atom stereocenters. The average Bonchev–Trinajstić information content (AvgIpc) is 3.16. The van der Waals surface area contributed by atoms with Gasteiger partial charge in [-0.05, 0) is 43.2 Å². The van der Waals surface area contributed by atoms with Crippen LogP contribution in [0.3, 0.4) is 0 Å². The highest BCUT2D eigenvalue weighted by molar-refractivity contribution is 14.0. The summed E-state index contributed by atoms with van der Waals surface area (Å²) in [7, 11) is 0. The predicted molar refractivity (Wildman–Crippen MR) is 107 cm³/mol. The fraction of sp³-hybridized carbons (Fsp3) is 0.647. The molecule has 23 heavy (non-hydrogen) atoms. The van der Waals surface area contributed by atoms with Gasteiger partial charge in [-0.25, -0.2) is 9.98 Å². The number of hydrogen-bond acceptors (Lipinski definition) is 2. The zero-order chi connectivity index (χ0) is 15.4. The minimum atomic E-state index is 0. The van der Waals surface area contributed by atoms with Crippen molar-refractivity contribution in [3.63, 3.8) is 0 Å². The molecule has 2 heterocycles. The maximum absolute atomic E-state index is 5.83. The fourth-order valence-corrected chi connectivity index (χ4v) is 3.85. The third-order valence-electron chi connectivity index (χ3n) is 4.94. The number of nitrogens with zero attached hydrogens (tertiary/aromatic N) is 3. The van der Waals surface area contributed by atoms with E-state index in [-0.39, 0.29) is 24.0 Å². The average molecular weight is 449 g/mol. The van der Waals surface area contributed by atoms with Gasteiger partial charge in [0.15, 0.2) is 5.96 Å². The molecule has 1 aromatic rings. The predicted octanol–water partition coefficient (Wildman–Crippen LogP) is 4.08. The van der Waals surface area contributed by atoms with Gasteiger partial charge in [-0.2, -0.15) is 0 Å². The topological polar surface area (TPSA) is 40.5 Å². The van der Waals surface area contributed by atoms with Gasteiger partial charge in [-0.1, -0.05) is 30.5 Å². The summed E-state index contributed by atoms with van der Waals surface area (Å²) < 4.78 is 0. The summed E-state index contributed by atoms with van der Waals surface area (Å²) in [5, 5.41) is 3.97. The second kappa shape index (κ2) is 8.51. The van der Waals surface area contributed by atoms with E-state index in [0.29, 0.717) is 17.1 Å². The Labute approximate surface area is 161 Å². The lowest BCUT2D eigenvalue weighted by Crippen LogP contribution is -2.41. The highest BCUT2D eigenvalue weighted by atomic mass is 127. The van der Waals surface area contributed by atoms with Crippen LogP contribution in [-0.4, -0.2) is 35.5 Å². The van der Waals surface area contributed by atoms with Gasteiger partial charge in [0.2, 0.25) is 0 Å². The molecule has 0 unspecified atom stereocenters. The zero-order valence-corrected chi connectivity index (χ0v) is 16.8. The van der Waals surface area contributed by atoms with Crippen molar-refractivity contribution in [1.82, 2.24) is 15.2 Å². The molecule has 128 valence electrons. The third kappa shape index (κ3) is 4.72. The van der Waals surface area contributed by atoms with E-state index in [1.165, 1.54) is 32.1 Å². The SMILES string of the molecule is CCNC(=NCc1ccc(Cl)nc1)N1CCC2(CCCC2)C1.I. The molecule has 4 nitrogen and oxygen atoms in total. The van der Waals surface area contributed by atoms with Crippen molar-refractivity contribution in [3.8, 4) is 0 Å². The number of pyridine rings is 1. The van der Waals surface area contributed by atoms with Crippen LogP contribution in [0, 0.1) is 5.41 Å². The first-order valence-corrected chi connectivity index (χ1v) is 8.72.